The smallest absolute Gasteiger partial charge is 0.545 e. The van der Waals surface area contributed by atoms with Crippen LogP contribution in [0.5, 0.6) is 0 Å². The van der Waals surface area contributed by atoms with Gasteiger partial charge in [0, 0.05) is 0 Å². The fraction of sp³-hybridized carbons (Fsp3) is 0. The third-order valence-electron chi connectivity index (χ3n) is 2.02. The summed E-state index contributed by atoms with van der Waals surface area (Å²) in [6, 6.07) is 16.1. The molecule has 0 heterocycles. The zero-order valence-corrected chi connectivity index (χ0v) is 11.4. The van der Waals surface area contributed by atoms with Gasteiger partial charge in [-0.3, -0.25) is 0 Å². The van der Waals surface area contributed by atoms with Crippen molar-refractivity contribution in [3.8, 4) is 0 Å². The topological polar surface area (TPSA) is 80.3 Å². The molecule has 99 valence electrons. The maximum Gasteiger partial charge on any atom is 2.00 e. The molecular weight excluding hydrogens is 335 g/mol. The number of carbonyl (C=O) groups excluding carboxylic acids is 2. The summed E-state index contributed by atoms with van der Waals surface area (Å²) >= 11 is 0. The van der Waals surface area contributed by atoms with Crippen molar-refractivity contribution in [2.75, 3.05) is 0 Å². The minimum absolute atomic E-state index is 0. The van der Waals surface area contributed by atoms with E-state index in [-0.39, 0.29) is 30.6 Å². The molecule has 0 spiro atoms. The number of hydrogen-bond acceptors (Lipinski definition) is 4. The average molecular weight is 345 g/mol. The monoisotopic (exact) mass is 345 g/mol. The van der Waals surface area contributed by atoms with Gasteiger partial charge in [-0.15, -0.1) is 0 Å². The van der Waals surface area contributed by atoms with E-state index in [0.29, 0.717) is 0 Å². The van der Waals surface area contributed by atoms with Crippen LogP contribution in [0.4, 0.5) is 0 Å². The minimum Gasteiger partial charge on any atom is -0.545 e. The minimum atomic E-state index is -1.13. The molecular formula is C14H10O4Rh. The number of rotatable bonds is 2. The molecule has 0 fully saturated rings. The van der Waals surface area contributed by atoms with Gasteiger partial charge in [-0.25, -0.2) is 0 Å². The van der Waals surface area contributed by atoms with E-state index in [1.165, 1.54) is 24.3 Å². The van der Waals surface area contributed by atoms with E-state index in [0.717, 1.165) is 0 Å². The van der Waals surface area contributed by atoms with Gasteiger partial charge in [0.2, 0.25) is 0 Å². The van der Waals surface area contributed by atoms with Gasteiger partial charge in [-0.05, 0) is 11.1 Å². The zero-order valence-electron chi connectivity index (χ0n) is 9.74. The van der Waals surface area contributed by atoms with E-state index in [2.05, 4.69) is 0 Å². The van der Waals surface area contributed by atoms with E-state index < -0.39 is 11.9 Å². The van der Waals surface area contributed by atoms with Crippen LogP contribution in [0.3, 0.4) is 0 Å². The molecule has 0 aliphatic carbocycles. The summed E-state index contributed by atoms with van der Waals surface area (Å²) < 4.78 is 0. The second kappa shape index (κ2) is 9.00. The molecule has 2 aromatic carbocycles. The summed E-state index contributed by atoms with van der Waals surface area (Å²) in [5.74, 6) is -2.26. The first-order chi connectivity index (χ1) is 8.61. The van der Waals surface area contributed by atoms with E-state index in [1.807, 2.05) is 0 Å². The molecule has 0 amide bonds. The van der Waals surface area contributed by atoms with Gasteiger partial charge >= 0.3 is 19.5 Å². The number of hydrogen-bond donors (Lipinski definition) is 0. The molecule has 2 rings (SSSR count). The van der Waals surface area contributed by atoms with Gasteiger partial charge < -0.3 is 19.8 Å². The Labute approximate surface area is 123 Å². The van der Waals surface area contributed by atoms with E-state index in [1.54, 1.807) is 36.4 Å². The van der Waals surface area contributed by atoms with Crippen LogP contribution in [0.15, 0.2) is 60.7 Å². The molecule has 0 unspecified atom stereocenters. The summed E-state index contributed by atoms with van der Waals surface area (Å²) in [6.45, 7) is 0. The Bertz CT molecular complexity index is 462. The summed E-state index contributed by atoms with van der Waals surface area (Å²) in [5, 5.41) is 20.2. The van der Waals surface area contributed by atoms with Gasteiger partial charge in [-0.1, -0.05) is 60.7 Å². The Morgan fingerprint density at radius 2 is 0.895 bits per heavy atom. The largest absolute Gasteiger partial charge is 2.00 e. The second-order valence-electron chi connectivity index (χ2n) is 3.31. The predicted octanol–water partition coefficient (Wildman–Crippen LogP) is 0.0977. The van der Waals surface area contributed by atoms with Crippen molar-refractivity contribution in [2.45, 2.75) is 0 Å². The zero-order chi connectivity index (χ0) is 13.4. The Morgan fingerprint density at radius 1 is 0.632 bits per heavy atom. The van der Waals surface area contributed by atoms with Crippen molar-refractivity contribution in [1.29, 1.82) is 0 Å². The molecule has 0 aliphatic heterocycles. The Morgan fingerprint density at radius 3 is 1.05 bits per heavy atom. The first-order valence-electron chi connectivity index (χ1n) is 5.14. The standard InChI is InChI=1S/2C7H6O2.Rh/c2*8-7(9)6-4-2-1-3-5-6;/h2*1-5H,(H,8,9);/q;;+2/p-2. The Balaban J connectivity index is 0.000000324. The van der Waals surface area contributed by atoms with Crippen LogP contribution in [0.1, 0.15) is 20.7 Å². The van der Waals surface area contributed by atoms with Crippen molar-refractivity contribution in [3.05, 3.63) is 71.8 Å². The summed E-state index contributed by atoms with van der Waals surface area (Å²) in [7, 11) is 0. The van der Waals surface area contributed by atoms with Crippen LogP contribution in [0, 0.1) is 0 Å². The predicted molar refractivity (Wildman–Crippen MR) is 61.5 cm³/mol. The van der Waals surface area contributed by atoms with Crippen molar-refractivity contribution in [1.82, 2.24) is 0 Å². The van der Waals surface area contributed by atoms with Crippen LogP contribution in [-0.2, 0) is 19.5 Å². The molecule has 0 aliphatic rings. The van der Waals surface area contributed by atoms with Gasteiger partial charge in [0.1, 0.15) is 0 Å². The molecule has 0 saturated carbocycles. The molecule has 0 bridgehead atoms. The molecule has 0 atom stereocenters. The number of carboxylic acid groups (broad SMARTS) is 2. The quantitative estimate of drug-likeness (QED) is 0.723. The van der Waals surface area contributed by atoms with Crippen molar-refractivity contribution < 1.29 is 39.3 Å². The SMILES string of the molecule is O=C([O-])c1ccccc1.O=C([O-])c1ccccc1.[Rh+2]. The van der Waals surface area contributed by atoms with Gasteiger partial charge in [0.15, 0.2) is 0 Å². The van der Waals surface area contributed by atoms with E-state index in [4.69, 9.17) is 0 Å². The van der Waals surface area contributed by atoms with Crippen LogP contribution in [-0.4, -0.2) is 11.9 Å². The first kappa shape index (κ1) is 17.0. The van der Waals surface area contributed by atoms with Crippen LogP contribution in [0.2, 0.25) is 0 Å². The third kappa shape index (κ3) is 6.48. The summed E-state index contributed by atoms with van der Waals surface area (Å²) in [6.07, 6.45) is 0. The van der Waals surface area contributed by atoms with Crippen LogP contribution >= 0.6 is 0 Å². The second-order valence-corrected chi connectivity index (χ2v) is 3.31. The van der Waals surface area contributed by atoms with Crippen molar-refractivity contribution in [2.24, 2.45) is 0 Å². The molecule has 4 nitrogen and oxygen atoms in total. The average Bonchev–Trinajstić information content (AvgIpc) is 2.41. The Kier molecular flexibility index (Phi) is 8.06. The molecule has 0 saturated heterocycles. The summed E-state index contributed by atoms with van der Waals surface area (Å²) in [4.78, 5) is 20.2. The van der Waals surface area contributed by atoms with Crippen molar-refractivity contribution in [3.63, 3.8) is 0 Å². The number of benzene rings is 2. The molecule has 19 heavy (non-hydrogen) atoms. The maximum atomic E-state index is 10.1. The fourth-order valence-corrected chi connectivity index (χ4v) is 1.15. The van der Waals surface area contributed by atoms with Gasteiger partial charge in [-0.2, -0.15) is 0 Å². The maximum absolute atomic E-state index is 10.1. The third-order valence-corrected chi connectivity index (χ3v) is 2.02. The molecule has 1 radical (unpaired) electrons. The molecule has 5 heteroatoms. The van der Waals surface area contributed by atoms with Crippen LogP contribution < -0.4 is 10.2 Å². The van der Waals surface area contributed by atoms with E-state index in [9.17, 15) is 19.8 Å². The molecule has 0 aromatic heterocycles. The number of aromatic carboxylic acids is 2. The number of carboxylic acids is 2. The molecule has 0 N–H and O–H groups in total. The van der Waals surface area contributed by atoms with Gasteiger partial charge in [0.05, 0.1) is 11.9 Å². The van der Waals surface area contributed by atoms with Gasteiger partial charge in [0.25, 0.3) is 0 Å². The first-order valence-corrected chi connectivity index (χ1v) is 5.14. The fourth-order valence-electron chi connectivity index (χ4n) is 1.15. The van der Waals surface area contributed by atoms with Crippen LogP contribution in [0.25, 0.3) is 0 Å². The molecule has 2 aromatic rings. The van der Waals surface area contributed by atoms with E-state index >= 15 is 0 Å². The summed E-state index contributed by atoms with van der Waals surface area (Å²) in [5.41, 5.74) is 0.440. The number of carbonyl (C=O) groups is 2. The normalized spacial score (nSPS) is 8.42. The van der Waals surface area contributed by atoms with Crippen molar-refractivity contribution >= 4 is 11.9 Å². The Hall–Kier alpha value is -2.00.